The molecule has 164 valence electrons. The number of carbonyl (C=O) groups is 3. The van der Waals surface area contributed by atoms with Gasteiger partial charge in [0, 0.05) is 25.7 Å². The van der Waals surface area contributed by atoms with Crippen LogP contribution in [0.5, 0.6) is 11.5 Å². The highest BCUT2D eigenvalue weighted by Crippen LogP contribution is 2.22. The Hall–Kier alpha value is -3.35. The molecule has 1 atom stereocenters. The summed E-state index contributed by atoms with van der Waals surface area (Å²) in [4.78, 5) is 40.4. The van der Waals surface area contributed by atoms with E-state index in [0.717, 1.165) is 12.8 Å². The molecule has 0 radical (unpaired) electrons. The van der Waals surface area contributed by atoms with Crippen molar-refractivity contribution in [2.75, 3.05) is 33.3 Å². The van der Waals surface area contributed by atoms with Crippen LogP contribution in [0.25, 0.3) is 0 Å². The maximum atomic E-state index is 12.7. The van der Waals surface area contributed by atoms with Crippen LogP contribution in [0.4, 0.5) is 0 Å². The van der Waals surface area contributed by atoms with Gasteiger partial charge in [0.15, 0.2) is 0 Å². The summed E-state index contributed by atoms with van der Waals surface area (Å²) in [6.07, 6.45) is 1.46. The van der Waals surface area contributed by atoms with Gasteiger partial charge in [-0.1, -0.05) is 18.2 Å². The number of likely N-dealkylation sites (N-methyl/N-ethyl adjacent to an activating group) is 1. The van der Waals surface area contributed by atoms with Gasteiger partial charge >= 0.3 is 5.97 Å². The second-order valence-electron chi connectivity index (χ2n) is 7.53. The van der Waals surface area contributed by atoms with Crippen molar-refractivity contribution in [3.05, 3.63) is 60.2 Å². The number of hydrogen-bond acceptors (Lipinski definition) is 5. The fraction of sp³-hybridized carbons (Fsp3) is 0.375. The van der Waals surface area contributed by atoms with Crippen LogP contribution in [-0.4, -0.2) is 60.9 Å². The lowest BCUT2D eigenvalue weighted by Crippen LogP contribution is -2.47. The Morgan fingerprint density at radius 3 is 2.39 bits per heavy atom. The molecule has 1 aliphatic heterocycles. The SMILES string of the molecule is CCOC(=O)C1CCCN(C(=O)CN(C)C(=O)c2ccc(Oc3ccccc3)cc2)C1. The van der Waals surface area contributed by atoms with Gasteiger partial charge in [-0.15, -0.1) is 0 Å². The number of benzene rings is 2. The molecule has 2 aromatic carbocycles. The molecule has 0 saturated carbocycles. The first kappa shape index (κ1) is 22.3. The van der Waals surface area contributed by atoms with Crippen molar-refractivity contribution in [3.8, 4) is 11.5 Å². The normalized spacial score (nSPS) is 15.8. The Balaban J connectivity index is 1.54. The minimum atomic E-state index is -0.296. The third kappa shape index (κ3) is 6.07. The van der Waals surface area contributed by atoms with Crippen molar-refractivity contribution < 1.29 is 23.9 Å². The van der Waals surface area contributed by atoms with Crippen LogP contribution >= 0.6 is 0 Å². The summed E-state index contributed by atoms with van der Waals surface area (Å²) < 4.78 is 10.8. The Kier molecular flexibility index (Phi) is 7.65. The summed E-state index contributed by atoms with van der Waals surface area (Å²) in [6.45, 7) is 2.98. The fourth-order valence-corrected chi connectivity index (χ4v) is 3.54. The van der Waals surface area contributed by atoms with E-state index < -0.39 is 0 Å². The van der Waals surface area contributed by atoms with Crippen molar-refractivity contribution in [2.24, 2.45) is 5.92 Å². The van der Waals surface area contributed by atoms with E-state index in [9.17, 15) is 14.4 Å². The average molecular weight is 424 g/mol. The smallest absolute Gasteiger partial charge is 0.310 e. The highest BCUT2D eigenvalue weighted by molar-refractivity contribution is 5.96. The third-order valence-corrected chi connectivity index (χ3v) is 5.19. The maximum absolute atomic E-state index is 12.7. The van der Waals surface area contributed by atoms with Gasteiger partial charge < -0.3 is 19.3 Å². The van der Waals surface area contributed by atoms with Gasteiger partial charge in [0.05, 0.1) is 19.1 Å². The quantitative estimate of drug-likeness (QED) is 0.637. The first-order valence-electron chi connectivity index (χ1n) is 10.5. The van der Waals surface area contributed by atoms with E-state index >= 15 is 0 Å². The van der Waals surface area contributed by atoms with Crippen molar-refractivity contribution in [3.63, 3.8) is 0 Å². The molecule has 1 fully saturated rings. The first-order valence-corrected chi connectivity index (χ1v) is 10.5. The lowest BCUT2D eigenvalue weighted by atomic mass is 9.98. The molecule has 1 saturated heterocycles. The zero-order chi connectivity index (χ0) is 22.2. The monoisotopic (exact) mass is 424 g/mol. The lowest BCUT2D eigenvalue weighted by Gasteiger charge is -2.32. The summed E-state index contributed by atoms with van der Waals surface area (Å²) in [7, 11) is 1.60. The molecule has 3 rings (SSSR count). The molecular weight excluding hydrogens is 396 g/mol. The zero-order valence-corrected chi connectivity index (χ0v) is 18.0. The van der Waals surface area contributed by atoms with Crippen LogP contribution in [0, 0.1) is 5.92 Å². The molecular formula is C24H28N2O5. The number of likely N-dealkylation sites (tertiary alicyclic amines) is 1. The predicted octanol–water partition coefficient (Wildman–Crippen LogP) is 3.35. The van der Waals surface area contributed by atoms with Gasteiger partial charge in [0.25, 0.3) is 5.91 Å². The Morgan fingerprint density at radius 1 is 1.03 bits per heavy atom. The Bertz CT molecular complexity index is 898. The minimum absolute atomic E-state index is 0.0450. The van der Waals surface area contributed by atoms with Crippen LogP contribution in [-0.2, 0) is 14.3 Å². The van der Waals surface area contributed by atoms with Gasteiger partial charge in [0.1, 0.15) is 11.5 Å². The number of piperidine rings is 1. The number of esters is 1. The number of ether oxygens (including phenoxy) is 2. The van der Waals surface area contributed by atoms with Crippen LogP contribution in [0.3, 0.4) is 0 Å². The van der Waals surface area contributed by atoms with E-state index in [4.69, 9.17) is 9.47 Å². The molecule has 1 unspecified atom stereocenters. The molecule has 2 amide bonds. The Morgan fingerprint density at radius 2 is 1.71 bits per heavy atom. The van der Waals surface area contributed by atoms with Crippen molar-refractivity contribution >= 4 is 17.8 Å². The van der Waals surface area contributed by atoms with Crippen LogP contribution in [0.2, 0.25) is 0 Å². The second-order valence-corrected chi connectivity index (χ2v) is 7.53. The molecule has 7 heteroatoms. The highest BCUT2D eigenvalue weighted by Gasteiger charge is 2.30. The molecule has 2 aromatic rings. The van der Waals surface area contributed by atoms with Gasteiger partial charge in [-0.2, -0.15) is 0 Å². The standard InChI is InChI=1S/C24H28N2O5/c1-3-30-24(29)19-8-7-15-26(16-19)22(27)17-25(2)23(28)18-11-13-21(14-12-18)31-20-9-5-4-6-10-20/h4-6,9-14,19H,3,7-8,15-17H2,1-2H3. The first-order chi connectivity index (χ1) is 15.0. The summed E-state index contributed by atoms with van der Waals surface area (Å²) >= 11 is 0. The number of para-hydroxylation sites is 1. The van der Waals surface area contributed by atoms with Gasteiger partial charge in [-0.25, -0.2) is 0 Å². The topological polar surface area (TPSA) is 76.2 Å². The third-order valence-electron chi connectivity index (χ3n) is 5.19. The molecule has 0 aromatic heterocycles. The predicted molar refractivity (Wildman–Crippen MR) is 116 cm³/mol. The highest BCUT2D eigenvalue weighted by atomic mass is 16.5. The fourth-order valence-electron chi connectivity index (χ4n) is 3.54. The molecule has 0 aliphatic carbocycles. The largest absolute Gasteiger partial charge is 0.466 e. The van der Waals surface area contributed by atoms with Crippen molar-refractivity contribution in [1.29, 1.82) is 0 Å². The number of rotatable bonds is 7. The van der Waals surface area contributed by atoms with Crippen LogP contribution < -0.4 is 4.74 Å². The van der Waals surface area contributed by atoms with Gasteiger partial charge in [-0.3, -0.25) is 14.4 Å². The molecule has 0 spiro atoms. The number of nitrogens with zero attached hydrogens (tertiary/aromatic N) is 2. The van der Waals surface area contributed by atoms with E-state index in [1.807, 2.05) is 30.3 Å². The van der Waals surface area contributed by atoms with Crippen LogP contribution in [0.15, 0.2) is 54.6 Å². The van der Waals surface area contributed by atoms with E-state index in [1.165, 1.54) is 4.90 Å². The zero-order valence-electron chi connectivity index (χ0n) is 18.0. The number of amides is 2. The molecule has 0 bridgehead atoms. The average Bonchev–Trinajstić information content (AvgIpc) is 2.80. The Labute approximate surface area is 182 Å². The molecule has 1 aliphatic rings. The molecule has 1 heterocycles. The van der Waals surface area contributed by atoms with Crippen LogP contribution in [0.1, 0.15) is 30.1 Å². The summed E-state index contributed by atoms with van der Waals surface area (Å²) in [5, 5.41) is 0. The minimum Gasteiger partial charge on any atom is -0.466 e. The molecule has 31 heavy (non-hydrogen) atoms. The summed E-state index contributed by atoms with van der Waals surface area (Å²) in [5.74, 6) is 0.359. The molecule has 0 N–H and O–H groups in total. The number of carbonyl (C=O) groups excluding carboxylic acids is 3. The lowest BCUT2D eigenvalue weighted by molar-refractivity contribution is -0.151. The second kappa shape index (κ2) is 10.6. The van der Waals surface area contributed by atoms with Crippen molar-refractivity contribution in [2.45, 2.75) is 19.8 Å². The van der Waals surface area contributed by atoms with Crippen molar-refractivity contribution in [1.82, 2.24) is 9.80 Å². The van der Waals surface area contributed by atoms with Gasteiger partial charge in [-0.05, 0) is 56.2 Å². The van der Waals surface area contributed by atoms with Gasteiger partial charge in [0.2, 0.25) is 5.91 Å². The van der Waals surface area contributed by atoms with E-state index in [1.54, 1.807) is 43.1 Å². The van der Waals surface area contributed by atoms with E-state index in [2.05, 4.69) is 0 Å². The maximum Gasteiger partial charge on any atom is 0.310 e. The molecule has 7 nitrogen and oxygen atoms in total. The number of hydrogen-bond donors (Lipinski definition) is 0. The van der Waals surface area contributed by atoms with E-state index in [0.29, 0.717) is 36.8 Å². The summed E-state index contributed by atoms with van der Waals surface area (Å²) in [6, 6.07) is 16.2. The summed E-state index contributed by atoms with van der Waals surface area (Å²) in [5.41, 5.74) is 0.471. The van der Waals surface area contributed by atoms with E-state index in [-0.39, 0.29) is 30.2 Å².